The first-order chi connectivity index (χ1) is 3.91. The molecular formula is C3H3N2NaO2S. The zero-order chi connectivity index (χ0) is 6.24. The fraction of sp³-hybridized carbons (Fsp3) is 0. The monoisotopic (exact) mass is 154 g/mol. The molecule has 0 aliphatic heterocycles. The normalized spacial score (nSPS) is 5.78. The van der Waals surface area contributed by atoms with Crippen LogP contribution in [0, 0.1) is 6.20 Å². The van der Waals surface area contributed by atoms with Crippen molar-refractivity contribution in [2.45, 2.75) is 0 Å². The first kappa shape index (κ1) is 11.8. The second-order valence-corrected chi connectivity index (χ2v) is 1.25. The number of aromatic nitrogens is 2. The second kappa shape index (κ2) is 10.9. The van der Waals surface area contributed by atoms with E-state index in [4.69, 9.17) is 9.90 Å². The van der Waals surface area contributed by atoms with Crippen LogP contribution in [0.2, 0.25) is 0 Å². The van der Waals surface area contributed by atoms with Gasteiger partial charge in [0.05, 0.1) is 0 Å². The van der Waals surface area contributed by atoms with Gasteiger partial charge in [0, 0.05) is 0 Å². The number of nitrogens with zero attached hydrogens (tertiary/aromatic N) is 2. The molecule has 6 heteroatoms. The predicted molar refractivity (Wildman–Crippen MR) is 27.4 cm³/mol. The molecule has 44 valence electrons. The zero-order valence-electron chi connectivity index (χ0n) is 4.81. The molecule has 1 N–H and O–H groups in total. The maximum absolute atomic E-state index is 8.36. The van der Waals surface area contributed by atoms with Crippen LogP contribution in [0.1, 0.15) is 0 Å². The van der Waals surface area contributed by atoms with Gasteiger partial charge in [-0.05, 0) is 0 Å². The van der Waals surface area contributed by atoms with Crippen molar-refractivity contribution in [2.24, 2.45) is 0 Å². The fourth-order valence-electron chi connectivity index (χ4n) is 0.118. The smallest absolute Gasteiger partial charge is 0.483 e. The fourth-order valence-corrected chi connectivity index (χ4v) is 0.354. The van der Waals surface area contributed by atoms with E-state index in [1.54, 1.807) is 5.38 Å². The van der Waals surface area contributed by atoms with Crippen LogP contribution in [-0.4, -0.2) is 21.2 Å². The van der Waals surface area contributed by atoms with E-state index in [1.165, 1.54) is 11.5 Å². The van der Waals surface area contributed by atoms with Crippen molar-refractivity contribution < 1.29 is 39.5 Å². The zero-order valence-corrected chi connectivity index (χ0v) is 7.63. The van der Waals surface area contributed by atoms with Crippen molar-refractivity contribution >= 4 is 18.0 Å². The largest absolute Gasteiger partial charge is 1.00 e. The van der Waals surface area contributed by atoms with Gasteiger partial charge in [0.25, 0.3) is 6.47 Å². The first-order valence-corrected chi connectivity index (χ1v) is 2.46. The average molecular weight is 154 g/mol. The van der Waals surface area contributed by atoms with Gasteiger partial charge in [-0.25, -0.2) is 0 Å². The number of carbonyl (C=O) groups is 1. The van der Waals surface area contributed by atoms with Gasteiger partial charge < -0.3 is 16.4 Å². The van der Waals surface area contributed by atoms with Crippen molar-refractivity contribution in [1.29, 1.82) is 0 Å². The maximum atomic E-state index is 8.36. The predicted octanol–water partition coefficient (Wildman–Crippen LogP) is -2.96. The Hall–Kier alpha value is 0.0300. The van der Waals surface area contributed by atoms with E-state index in [0.717, 1.165) is 0 Å². The Morgan fingerprint density at radius 1 is 1.78 bits per heavy atom. The number of hydrogen-bond donors (Lipinski definition) is 1. The Balaban J connectivity index is 0. The van der Waals surface area contributed by atoms with Gasteiger partial charge in [-0.3, -0.25) is 4.79 Å². The van der Waals surface area contributed by atoms with E-state index in [-0.39, 0.29) is 36.0 Å². The van der Waals surface area contributed by atoms with Crippen molar-refractivity contribution in [3.8, 4) is 0 Å². The summed E-state index contributed by atoms with van der Waals surface area (Å²) in [5.41, 5.74) is 0. The summed E-state index contributed by atoms with van der Waals surface area (Å²) in [7, 11) is 0. The van der Waals surface area contributed by atoms with E-state index >= 15 is 0 Å². The van der Waals surface area contributed by atoms with Gasteiger partial charge >= 0.3 is 29.6 Å². The molecule has 0 unspecified atom stereocenters. The van der Waals surface area contributed by atoms with E-state index in [0.29, 0.717) is 0 Å². The minimum atomic E-state index is -0.250. The molecule has 0 atom stereocenters. The summed E-state index contributed by atoms with van der Waals surface area (Å²) in [6.07, 6.45) is 2.52. The molecule has 0 amide bonds. The third-order valence-electron chi connectivity index (χ3n) is 0.251. The molecule has 0 aliphatic carbocycles. The summed E-state index contributed by atoms with van der Waals surface area (Å²) in [5.74, 6) is 0. The van der Waals surface area contributed by atoms with Crippen LogP contribution < -0.4 is 29.6 Å². The molecule has 0 spiro atoms. The van der Waals surface area contributed by atoms with Crippen LogP contribution in [0.4, 0.5) is 0 Å². The minimum absolute atomic E-state index is 0. The number of hydrogen-bond acceptors (Lipinski definition) is 4. The van der Waals surface area contributed by atoms with Gasteiger partial charge in [-0.1, -0.05) is 11.5 Å². The van der Waals surface area contributed by atoms with E-state index in [1.807, 2.05) is 0 Å². The molecule has 1 aromatic heterocycles. The van der Waals surface area contributed by atoms with Crippen LogP contribution >= 0.6 is 11.5 Å². The first-order valence-electron chi connectivity index (χ1n) is 1.62. The Bertz CT molecular complexity index is 106. The van der Waals surface area contributed by atoms with Gasteiger partial charge in [-0.15, -0.1) is 4.49 Å². The topological polar surface area (TPSA) is 63.1 Å². The van der Waals surface area contributed by atoms with Crippen molar-refractivity contribution in [3.05, 3.63) is 11.6 Å². The molecule has 0 radical (unpaired) electrons. The summed E-state index contributed by atoms with van der Waals surface area (Å²) in [6, 6.07) is 0. The van der Waals surface area contributed by atoms with Gasteiger partial charge in [0.1, 0.15) is 0 Å². The van der Waals surface area contributed by atoms with Crippen LogP contribution in [0.5, 0.6) is 0 Å². The number of rotatable bonds is 0. The quantitative estimate of drug-likeness (QED) is 0.246. The van der Waals surface area contributed by atoms with Crippen molar-refractivity contribution in [2.75, 3.05) is 0 Å². The number of carboxylic acid groups (broad SMARTS) is 1. The molecule has 1 rings (SSSR count). The van der Waals surface area contributed by atoms with Crippen LogP contribution in [0.3, 0.4) is 0 Å². The molecule has 0 aliphatic rings. The Kier molecular flexibility index (Phi) is 14.3. The molecule has 0 fully saturated rings. The maximum Gasteiger partial charge on any atom is 1.00 e. The third-order valence-corrected chi connectivity index (χ3v) is 0.638. The molecule has 1 heterocycles. The summed E-state index contributed by atoms with van der Waals surface area (Å²) in [5, 5.41) is 11.9. The SMILES string of the molecule is O=CO.[Na+].[c-]1csnn1. The van der Waals surface area contributed by atoms with E-state index in [2.05, 4.69) is 15.8 Å². The van der Waals surface area contributed by atoms with E-state index < -0.39 is 0 Å². The molecule has 0 aromatic carbocycles. The average Bonchev–Trinajstić information content (AvgIpc) is 2.17. The standard InChI is InChI=1S/C2HN2S.CH2O2.Na/c1-2-5-4-3-1;2-1-3;/h2H;1H,(H,2,3);/q-1;;+1. The van der Waals surface area contributed by atoms with Gasteiger partial charge in [-0.2, -0.15) is 5.38 Å². The Labute approximate surface area is 78.4 Å². The van der Waals surface area contributed by atoms with E-state index in [9.17, 15) is 0 Å². The summed E-state index contributed by atoms with van der Waals surface area (Å²) >= 11 is 1.30. The van der Waals surface area contributed by atoms with Crippen LogP contribution in [0.25, 0.3) is 0 Å². The molecule has 0 saturated heterocycles. The minimum Gasteiger partial charge on any atom is -0.483 e. The molecule has 1 aromatic rings. The molecule has 4 nitrogen and oxygen atoms in total. The molecule has 9 heavy (non-hydrogen) atoms. The van der Waals surface area contributed by atoms with Gasteiger partial charge in [0.2, 0.25) is 0 Å². The van der Waals surface area contributed by atoms with Crippen molar-refractivity contribution in [3.63, 3.8) is 0 Å². The Morgan fingerprint density at radius 3 is 2.44 bits per heavy atom. The third kappa shape index (κ3) is 11.5. The van der Waals surface area contributed by atoms with Crippen LogP contribution in [0.15, 0.2) is 5.38 Å². The molecule has 0 bridgehead atoms. The second-order valence-electron chi connectivity index (χ2n) is 0.639. The van der Waals surface area contributed by atoms with Crippen LogP contribution in [-0.2, 0) is 4.79 Å². The molecule has 0 saturated carbocycles. The van der Waals surface area contributed by atoms with Gasteiger partial charge in [0.15, 0.2) is 0 Å². The summed E-state index contributed by atoms with van der Waals surface area (Å²) in [6.45, 7) is -0.250. The van der Waals surface area contributed by atoms with Crippen molar-refractivity contribution in [1.82, 2.24) is 9.59 Å². The Morgan fingerprint density at radius 2 is 2.33 bits per heavy atom. The summed E-state index contributed by atoms with van der Waals surface area (Å²) in [4.78, 5) is 8.36. The molecular weight excluding hydrogens is 151 g/mol. The summed E-state index contributed by atoms with van der Waals surface area (Å²) < 4.78 is 3.46.